The summed E-state index contributed by atoms with van der Waals surface area (Å²) in [6.07, 6.45) is -6.39. The standard InChI is InChI=1S/C6H14O6.2BrH.Ca/c7-1-3(9)5(11)6(12)4(10)2-8;;;/h3-12H,1-2H2;2*1H;/q;;;+2/p-2. The van der Waals surface area contributed by atoms with Gasteiger partial charge in [0, 0.05) is 0 Å². The van der Waals surface area contributed by atoms with E-state index in [2.05, 4.69) is 0 Å². The average Bonchev–Trinajstić information content (AvgIpc) is 2.12. The van der Waals surface area contributed by atoms with Crippen molar-refractivity contribution in [2.45, 2.75) is 24.4 Å². The van der Waals surface area contributed by atoms with E-state index in [0.717, 1.165) is 0 Å². The molecule has 0 aliphatic carbocycles. The van der Waals surface area contributed by atoms with Crippen molar-refractivity contribution in [2.24, 2.45) is 0 Å². The normalized spacial score (nSPS) is 17.2. The van der Waals surface area contributed by atoms with E-state index in [4.69, 9.17) is 30.6 Å². The molecule has 0 fully saturated rings. The Morgan fingerprint density at radius 3 is 1.00 bits per heavy atom. The molecule has 0 saturated heterocycles. The van der Waals surface area contributed by atoms with Crippen LogP contribution in [0.2, 0.25) is 0 Å². The van der Waals surface area contributed by atoms with Gasteiger partial charge in [-0.25, -0.2) is 0 Å². The summed E-state index contributed by atoms with van der Waals surface area (Å²) < 4.78 is 0. The summed E-state index contributed by atoms with van der Waals surface area (Å²) in [5.41, 5.74) is 0. The van der Waals surface area contributed by atoms with Crippen molar-refractivity contribution in [3.05, 3.63) is 0 Å². The Kier molecular flexibility index (Phi) is 24.1. The largest absolute Gasteiger partial charge is 2.00 e. The number of aliphatic hydroxyl groups excluding tert-OH is 6. The van der Waals surface area contributed by atoms with E-state index in [9.17, 15) is 0 Å². The molecule has 0 bridgehead atoms. The summed E-state index contributed by atoms with van der Waals surface area (Å²) in [6.45, 7) is -1.45. The number of halogens is 2. The van der Waals surface area contributed by atoms with Crippen LogP contribution in [0.15, 0.2) is 0 Å². The van der Waals surface area contributed by atoms with Crippen LogP contribution >= 0.6 is 0 Å². The molecule has 6 N–H and O–H groups in total. The Morgan fingerprint density at radius 1 is 0.667 bits per heavy atom. The van der Waals surface area contributed by atoms with Crippen LogP contribution in [-0.4, -0.2) is 106 Å². The molecule has 4 atom stereocenters. The molecule has 0 saturated carbocycles. The van der Waals surface area contributed by atoms with Gasteiger partial charge in [0.1, 0.15) is 24.4 Å². The number of rotatable bonds is 5. The molecule has 0 aromatic heterocycles. The van der Waals surface area contributed by atoms with E-state index in [1.807, 2.05) is 0 Å². The van der Waals surface area contributed by atoms with E-state index in [-0.39, 0.29) is 71.7 Å². The Hall–Kier alpha value is 1.98. The summed E-state index contributed by atoms with van der Waals surface area (Å²) in [5, 5.41) is 52.2. The van der Waals surface area contributed by atoms with Crippen molar-refractivity contribution in [2.75, 3.05) is 13.2 Å². The van der Waals surface area contributed by atoms with Gasteiger partial charge in [0.25, 0.3) is 0 Å². The minimum atomic E-state index is -1.67. The molecule has 90 valence electrons. The SMILES string of the molecule is OCC(O)C(O)C(O)C(O)CO.[Br-].[Br-].[Ca+2]. The van der Waals surface area contributed by atoms with Crippen molar-refractivity contribution in [1.82, 2.24) is 0 Å². The van der Waals surface area contributed by atoms with E-state index in [1.165, 1.54) is 0 Å². The smallest absolute Gasteiger partial charge is 1.00 e. The molecule has 0 aliphatic heterocycles. The van der Waals surface area contributed by atoms with Gasteiger partial charge in [0.15, 0.2) is 0 Å². The van der Waals surface area contributed by atoms with Crippen LogP contribution < -0.4 is 34.0 Å². The van der Waals surface area contributed by atoms with Crippen LogP contribution in [0.1, 0.15) is 0 Å². The molecule has 0 aromatic carbocycles. The predicted molar refractivity (Wildman–Crippen MR) is 44.0 cm³/mol. The van der Waals surface area contributed by atoms with E-state index < -0.39 is 37.6 Å². The maximum atomic E-state index is 8.96. The summed E-state index contributed by atoms with van der Waals surface area (Å²) in [7, 11) is 0. The van der Waals surface area contributed by atoms with Crippen LogP contribution in [0, 0.1) is 0 Å². The van der Waals surface area contributed by atoms with E-state index >= 15 is 0 Å². The molecule has 0 aliphatic rings. The first-order valence-corrected chi connectivity index (χ1v) is 3.48. The molecule has 4 unspecified atom stereocenters. The second-order valence-corrected chi connectivity index (χ2v) is 2.48. The molecule has 9 heteroatoms. The molecular formula is C6H14Br2CaO6. The molecule has 0 rings (SSSR count). The second-order valence-electron chi connectivity index (χ2n) is 2.48. The zero-order valence-corrected chi connectivity index (χ0v) is 13.3. The van der Waals surface area contributed by atoms with E-state index in [1.54, 1.807) is 0 Å². The molecule has 0 aromatic rings. The van der Waals surface area contributed by atoms with Crippen molar-refractivity contribution in [3.63, 3.8) is 0 Å². The first kappa shape index (κ1) is 25.7. The zero-order chi connectivity index (χ0) is 9.72. The van der Waals surface area contributed by atoms with E-state index in [0.29, 0.717) is 0 Å². The number of hydrogen-bond donors (Lipinski definition) is 6. The summed E-state index contributed by atoms with van der Waals surface area (Å²) in [5.74, 6) is 0. The first-order chi connectivity index (χ1) is 5.54. The monoisotopic (exact) mass is 380 g/mol. The van der Waals surface area contributed by atoms with Gasteiger partial charge in [0.2, 0.25) is 0 Å². The summed E-state index contributed by atoms with van der Waals surface area (Å²) >= 11 is 0. The van der Waals surface area contributed by atoms with Crippen molar-refractivity contribution >= 4 is 37.7 Å². The van der Waals surface area contributed by atoms with Crippen molar-refractivity contribution < 1.29 is 64.6 Å². The summed E-state index contributed by atoms with van der Waals surface area (Å²) in [4.78, 5) is 0. The average molecular weight is 382 g/mol. The first-order valence-electron chi connectivity index (χ1n) is 3.48. The molecule has 15 heavy (non-hydrogen) atoms. The van der Waals surface area contributed by atoms with Crippen LogP contribution in [0.3, 0.4) is 0 Å². The van der Waals surface area contributed by atoms with Gasteiger partial charge in [0.05, 0.1) is 13.2 Å². The second kappa shape index (κ2) is 14.0. The Bertz CT molecular complexity index is 118. The van der Waals surface area contributed by atoms with Gasteiger partial charge < -0.3 is 64.6 Å². The van der Waals surface area contributed by atoms with Crippen molar-refractivity contribution in [3.8, 4) is 0 Å². The van der Waals surface area contributed by atoms with Crippen LogP contribution in [0.5, 0.6) is 0 Å². The van der Waals surface area contributed by atoms with Gasteiger partial charge in [-0.05, 0) is 0 Å². The predicted octanol–water partition coefficient (Wildman–Crippen LogP) is -9.96. The van der Waals surface area contributed by atoms with Crippen LogP contribution in [0.4, 0.5) is 0 Å². The van der Waals surface area contributed by atoms with Gasteiger partial charge in [-0.15, -0.1) is 0 Å². The zero-order valence-electron chi connectivity index (χ0n) is 7.87. The topological polar surface area (TPSA) is 121 Å². The minimum absolute atomic E-state index is 0. The fourth-order valence-electron chi connectivity index (χ4n) is 0.671. The third-order valence-corrected chi connectivity index (χ3v) is 1.51. The van der Waals surface area contributed by atoms with Gasteiger partial charge in [-0.3, -0.25) is 0 Å². The Labute approximate surface area is 138 Å². The molecular weight excluding hydrogens is 368 g/mol. The third kappa shape index (κ3) is 9.66. The molecule has 0 spiro atoms. The van der Waals surface area contributed by atoms with Gasteiger partial charge in [-0.1, -0.05) is 0 Å². The summed E-state index contributed by atoms with van der Waals surface area (Å²) in [6, 6.07) is 0. The maximum absolute atomic E-state index is 8.96. The maximum Gasteiger partial charge on any atom is 2.00 e. The minimum Gasteiger partial charge on any atom is -1.00 e. The number of hydrogen-bond acceptors (Lipinski definition) is 6. The molecule has 6 nitrogen and oxygen atoms in total. The molecule has 0 radical (unpaired) electrons. The Morgan fingerprint density at radius 2 is 0.867 bits per heavy atom. The van der Waals surface area contributed by atoms with Crippen molar-refractivity contribution in [1.29, 1.82) is 0 Å². The van der Waals surface area contributed by atoms with Crippen LogP contribution in [-0.2, 0) is 0 Å². The van der Waals surface area contributed by atoms with Gasteiger partial charge in [-0.2, -0.15) is 0 Å². The fourth-order valence-corrected chi connectivity index (χ4v) is 0.671. The fraction of sp³-hybridized carbons (Fsp3) is 1.00. The van der Waals surface area contributed by atoms with Crippen LogP contribution in [0.25, 0.3) is 0 Å². The third-order valence-electron chi connectivity index (χ3n) is 1.51. The molecule has 0 amide bonds. The number of aliphatic hydroxyl groups is 6. The Balaban J connectivity index is -0.000000202. The molecule has 0 heterocycles. The van der Waals surface area contributed by atoms with Gasteiger partial charge >= 0.3 is 37.7 Å². The quantitative estimate of drug-likeness (QED) is 0.263.